The summed E-state index contributed by atoms with van der Waals surface area (Å²) in [5.74, 6) is -0.568. The van der Waals surface area contributed by atoms with E-state index < -0.39 is 12.1 Å². The highest BCUT2D eigenvalue weighted by Gasteiger charge is 2.25. The zero-order chi connectivity index (χ0) is 14.9. The fraction of sp³-hybridized carbons (Fsp3) is 0.250. The van der Waals surface area contributed by atoms with E-state index in [-0.39, 0.29) is 30.7 Å². The highest BCUT2D eigenvalue weighted by molar-refractivity contribution is 6.55. The summed E-state index contributed by atoms with van der Waals surface area (Å²) in [6.45, 7) is 6.60. The molecule has 0 N–H and O–H groups in total. The lowest BCUT2D eigenvalue weighted by Gasteiger charge is -2.19. The lowest BCUT2D eigenvalue weighted by molar-refractivity contribution is -0.143. The molecular formula is C12H9Cl5O2. The molecule has 104 valence electrons. The van der Waals surface area contributed by atoms with Crippen LogP contribution in [0.1, 0.15) is 25.5 Å². The van der Waals surface area contributed by atoms with Gasteiger partial charge in [0.2, 0.25) is 0 Å². The van der Waals surface area contributed by atoms with Gasteiger partial charge in [0.25, 0.3) is 0 Å². The van der Waals surface area contributed by atoms with Crippen molar-refractivity contribution < 1.29 is 9.53 Å². The first-order valence-electron chi connectivity index (χ1n) is 5.06. The van der Waals surface area contributed by atoms with Gasteiger partial charge in [0.15, 0.2) is 0 Å². The van der Waals surface area contributed by atoms with Gasteiger partial charge in [-0.1, -0.05) is 64.6 Å². The molecule has 0 aliphatic heterocycles. The molecule has 0 spiro atoms. The third-order valence-electron chi connectivity index (χ3n) is 2.28. The van der Waals surface area contributed by atoms with E-state index in [1.165, 1.54) is 6.92 Å². The molecule has 0 aromatic heterocycles. The van der Waals surface area contributed by atoms with Crippen LogP contribution in [-0.4, -0.2) is 5.97 Å². The normalized spacial score (nSPS) is 12.2. The highest BCUT2D eigenvalue weighted by Crippen LogP contribution is 2.46. The molecule has 0 fully saturated rings. The topological polar surface area (TPSA) is 26.3 Å². The Morgan fingerprint density at radius 1 is 1.00 bits per heavy atom. The lowest BCUT2D eigenvalue weighted by atomic mass is 10.1. The largest absolute Gasteiger partial charge is 0.454 e. The van der Waals surface area contributed by atoms with Crippen LogP contribution in [-0.2, 0) is 9.53 Å². The van der Waals surface area contributed by atoms with Crippen molar-refractivity contribution in [3.8, 4) is 0 Å². The summed E-state index contributed by atoms with van der Waals surface area (Å²) >= 11 is 29.9. The van der Waals surface area contributed by atoms with Crippen molar-refractivity contribution in [2.24, 2.45) is 0 Å². The summed E-state index contributed by atoms with van der Waals surface area (Å²) in [5, 5.41) is 0.378. The number of rotatable bonds is 3. The molecule has 0 radical (unpaired) electrons. The van der Waals surface area contributed by atoms with Crippen LogP contribution in [0.2, 0.25) is 25.1 Å². The minimum absolute atomic E-state index is 0.0560. The Labute approximate surface area is 136 Å². The molecule has 0 aliphatic carbocycles. The second-order valence-electron chi connectivity index (χ2n) is 3.81. The monoisotopic (exact) mass is 360 g/mol. The number of esters is 1. The van der Waals surface area contributed by atoms with Gasteiger partial charge in [-0.2, -0.15) is 0 Å². The summed E-state index contributed by atoms with van der Waals surface area (Å²) in [4.78, 5) is 11.5. The number of halogens is 5. The first-order chi connectivity index (χ1) is 8.68. The van der Waals surface area contributed by atoms with E-state index in [1.807, 2.05) is 0 Å². The van der Waals surface area contributed by atoms with Gasteiger partial charge in [-0.05, 0) is 13.8 Å². The molecule has 0 bridgehead atoms. The molecule has 1 rings (SSSR count). The van der Waals surface area contributed by atoms with E-state index >= 15 is 0 Å². The lowest BCUT2D eigenvalue weighted by Crippen LogP contribution is -2.10. The average molecular weight is 362 g/mol. The van der Waals surface area contributed by atoms with E-state index in [2.05, 4.69) is 6.58 Å². The minimum atomic E-state index is -0.739. The molecular weight excluding hydrogens is 353 g/mol. The van der Waals surface area contributed by atoms with Crippen molar-refractivity contribution in [1.29, 1.82) is 0 Å². The van der Waals surface area contributed by atoms with E-state index in [9.17, 15) is 4.79 Å². The van der Waals surface area contributed by atoms with E-state index in [1.54, 1.807) is 6.92 Å². The molecule has 0 amide bonds. The van der Waals surface area contributed by atoms with Gasteiger partial charge in [0.1, 0.15) is 6.10 Å². The molecule has 0 saturated carbocycles. The van der Waals surface area contributed by atoms with Gasteiger partial charge in [-0.25, -0.2) is 4.79 Å². The smallest absolute Gasteiger partial charge is 0.333 e. The minimum Gasteiger partial charge on any atom is -0.454 e. The van der Waals surface area contributed by atoms with Crippen molar-refractivity contribution in [2.75, 3.05) is 0 Å². The van der Waals surface area contributed by atoms with Crippen molar-refractivity contribution in [3.63, 3.8) is 0 Å². The Morgan fingerprint density at radius 3 is 1.74 bits per heavy atom. The summed E-state index contributed by atoms with van der Waals surface area (Å²) in [7, 11) is 0. The van der Waals surface area contributed by atoms with Gasteiger partial charge in [0, 0.05) is 11.1 Å². The van der Waals surface area contributed by atoms with Crippen LogP contribution in [0.4, 0.5) is 0 Å². The molecule has 1 unspecified atom stereocenters. The van der Waals surface area contributed by atoms with Crippen LogP contribution < -0.4 is 0 Å². The molecule has 0 heterocycles. The standard InChI is InChI=1S/C12H9Cl5O2/c1-4(2)12(18)19-5(3)6-7(13)9(15)11(17)10(16)8(6)14/h5H,1H2,2-3H3. The molecule has 19 heavy (non-hydrogen) atoms. The number of hydrogen-bond acceptors (Lipinski definition) is 2. The van der Waals surface area contributed by atoms with Crippen molar-refractivity contribution in [3.05, 3.63) is 42.8 Å². The predicted molar refractivity (Wildman–Crippen MR) is 80.8 cm³/mol. The van der Waals surface area contributed by atoms with Gasteiger partial charge < -0.3 is 4.74 Å². The van der Waals surface area contributed by atoms with Crippen LogP contribution in [0, 0.1) is 0 Å². The Kier molecular flexibility index (Phi) is 5.84. The van der Waals surface area contributed by atoms with E-state index in [0.29, 0.717) is 5.56 Å². The number of carbonyl (C=O) groups is 1. The van der Waals surface area contributed by atoms with Crippen LogP contribution in [0.25, 0.3) is 0 Å². The second-order valence-corrected chi connectivity index (χ2v) is 5.70. The van der Waals surface area contributed by atoms with Crippen molar-refractivity contribution in [1.82, 2.24) is 0 Å². The van der Waals surface area contributed by atoms with Crippen LogP contribution in [0.15, 0.2) is 12.2 Å². The van der Waals surface area contributed by atoms with Crippen molar-refractivity contribution >= 4 is 64.0 Å². The maximum absolute atomic E-state index is 11.5. The Bertz CT molecular complexity index is 525. The van der Waals surface area contributed by atoms with Gasteiger partial charge in [-0.15, -0.1) is 0 Å². The molecule has 1 atom stereocenters. The second kappa shape index (κ2) is 6.55. The fourth-order valence-corrected chi connectivity index (χ4v) is 2.76. The van der Waals surface area contributed by atoms with Gasteiger partial charge >= 0.3 is 5.97 Å². The third kappa shape index (κ3) is 3.50. The number of ether oxygens (including phenoxy) is 1. The molecule has 2 nitrogen and oxygen atoms in total. The summed E-state index contributed by atoms with van der Waals surface area (Å²) in [6, 6.07) is 0. The van der Waals surface area contributed by atoms with Crippen LogP contribution in [0.3, 0.4) is 0 Å². The molecule has 0 saturated heterocycles. The Balaban J connectivity index is 3.28. The van der Waals surface area contributed by atoms with Gasteiger partial charge in [-0.3, -0.25) is 0 Å². The zero-order valence-corrected chi connectivity index (χ0v) is 13.8. The average Bonchev–Trinajstić information content (AvgIpc) is 2.34. The third-order valence-corrected chi connectivity index (χ3v) is 4.59. The first kappa shape index (κ1) is 16.9. The Hall–Kier alpha value is -0.120. The first-order valence-corrected chi connectivity index (χ1v) is 6.95. The quantitative estimate of drug-likeness (QED) is 0.280. The van der Waals surface area contributed by atoms with E-state index in [4.69, 9.17) is 62.7 Å². The van der Waals surface area contributed by atoms with Crippen LogP contribution in [0.5, 0.6) is 0 Å². The SMILES string of the molecule is C=C(C)C(=O)OC(C)c1c(Cl)c(Cl)c(Cl)c(Cl)c1Cl. The molecule has 1 aromatic rings. The number of hydrogen-bond donors (Lipinski definition) is 0. The Morgan fingerprint density at radius 2 is 1.37 bits per heavy atom. The predicted octanol–water partition coefficient (Wildman–Crippen LogP) is 6.13. The van der Waals surface area contributed by atoms with E-state index in [0.717, 1.165) is 0 Å². The summed E-state index contributed by atoms with van der Waals surface area (Å²) < 4.78 is 5.14. The zero-order valence-electron chi connectivity index (χ0n) is 9.99. The molecule has 0 aliphatic rings. The highest BCUT2D eigenvalue weighted by atomic mass is 35.5. The van der Waals surface area contributed by atoms with Gasteiger partial charge in [0.05, 0.1) is 25.1 Å². The number of carbonyl (C=O) groups excluding carboxylic acids is 1. The van der Waals surface area contributed by atoms with Crippen molar-refractivity contribution in [2.45, 2.75) is 20.0 Å². The molecule has 7 heteroatoms. The van der Waals surface area contributed by atoms with Crippen LogP contribution >= 0.6 is 58.0 Å². The maximum atomic E-state index is 11.5. The number of benzene rings is 1. The summed E-state index contributed by atoms with van der Waals surface area (Å²) in [6.07, 6.45) is -0.739. The maximum Gasteiger partial charge on any atom is 0.333 e. The summed E-state index contributed by atoms with van der Waals surface area (Å²) in [5.41, 5.74) is 0.558. The fourth-order valence-electron chi connectivity index (χ4n) is 1.30. The molecule has 1 aromatic carbocycles.